The van der Waals surface area contributed by atoms with Crippen LogP contribution in [0.5, 0.6) is 0 Å². The van der Waals surface area contributed by atoms with Crippen LogP contribution in [0.3, 0.4) is 0 Å². The summed E-state index contributed by atoms with van der Waals surface area (Å²) in [6.45, 7) is 2.48. The van der Waals surface area contributed by atoms with Crippen LogP contribution in [-0.4, -0.2) is 28.0 Å². The Hall–Kier alpha value is -4.31. The molecule has 2 aliphatic rings. The van der Waals surface area contributed by atoms with E-state index in [1.165, 1.54) is 57.1 Å². The maximum atomic E-state index is 12.8. The van der Waals surface area contributed by atoms with Crippen molar-refractivity contribution in [3.8, 4) is 17.4 Å². The summed E-state index contributed by atoms with van der Waals surface area (Å²) in [7, 11) is 0. The lowest BCUT2D eigenvalue weighted by Gasteiger charge is -2.31. The first kappa shape index (κ1) is 28.8. The third-order valence-corrected chi connectivity index (χ3v) is 9.08. The van der Waals surface area contributed by atoms with E-state index in [-0.39, 0.29) is 11.9 Å². The molecule has 4 aromatic rings. The lowest BCUT2D eigenvalue weighted by Crippen LogP contribution is -2.35. The van der Waals surface area contributed by atoms with Crippen molar-refractivity contribution in [2.45, 2.75) is 83.3 Å². The first-order valence-corrected chi connectivity index (χ1v) is 15.9. The highest BCUT2D eigenvalue weighted by atomic mass is 16.3. The second-order valence-electron chi connectivity index (χ2n) is 12.2. The van der Waals surface area contributed by atoms with Gasteiger partial charge in [-0.2, -0.15) is 5.26 Å². The van der Waals surface area contributed by atoms with Crippen molar-refractivity contribution < 1.29 is 9.21 Å². The molecule has 0 atom stereocenters. The van der Waals surface area contributed by atoms with E-state index in [9.17, 15) is 4.79 Å². The number of nitrogens with zero attached hydrogens (tertiary/aromatic N) is 4. The first-order valence-electron chi connectivity index (χ1n) is 15.9. The molecule has 43 heavy (non-hydrogen) atoms. The highest BCUT2D eigenvalue weighted by molar-refractivity contribution is 5.92. The van der Waals surface area contributed by atoms with Gasteiger partial charge in [-0.05, 0) is 85.7 Å². The number of nitrogens with one attached hydrogen (secondary N) is 1. The Morgan fingerprint density at radius 2 is 1.65 bits per heavy atom. The second kappa shape index (κ2) is 13.8. The summed E-state index contributed by atoms with van der Waals surface area (Å²) >= 11 is 0. The molecule has 7 nitrogen and oxygen atoms in total. The third-order valence-electron chi connectivity index (χ3n) is 9.08. The monoisotopic (exact) mass is 575 g/mol. The standard InChI is InChI=1S/C36H41N5O2/c37-21-27-11-13-29(14-12-27)24-41-26-38-22-33(41)25-40(23-28-7-3-1-4-8-28)32-17-15-30(16-18-32)34-19-20-35(43-34)36(42)39-31-9-5-2-6-10-31/h11-20,22,26,28,31H,1-10,23-25H2,(H,39,42). The number of aromatic nitrogens is 2. The maximum absolute atomic E-state index is 12.8. The molecule has 2 heterocycles. The van der Waals surface area contributed by atoms with Gasteiger partial charge in [-0.15, -0.1) is 0 Å². The molecule has 2 aliphatic carbocycles. The van der Waals surface area contributed by atoms with Crippen LogP contribution >= 0.6 is 0 Å². The lowest BCUT2D eigenvalue weighted by atomic mass is 9.89. The molecule has 0 bridgehead atoms. The Labute approximate surface area is 254 Å². The van der Waals surface area contributed by atoms with E-state index in [0.717, 1.165) is 42.8 Å². The largest absolute Gasteiger partial charge is 0.451 e. The molecule has 7 heteroatoms. The Kier molecular flexibility index (Phi) is 9.22. The number of imidazole rings is 1. The molecule has 6 rings (SSSR count). The summed E-state index contributed by atoms with van der Waals surface area (Å²) in [5.74, 6) is 1.64. The summed E-state index contributed by atoms with van der Waals surface area (Å²) in [5.41, 5.74) is 5.10. The fourth-order valence-corrected chi connectivity index (χ4v) is 6.60. The van der Waals surface area contributed by atoms with E-state index in [0.29, 0.717) is 29.5 Å². The average molecular weight is 576 g/mol. The number of hydrogen-bond acceptors (Lipinski definition) is 5. The quantitative estimate of drug-likeness (QED) is 0.209. The van der Waals surface area contributed by atoms with Crippen LogP contribution in [0.2, 0.25) is 0 Å². The molecular formula is C36H41N5O2. The van der Waals surface area contributed by atoms with Gasteiger partial charge >= 0.3 is 0 Å². The molecule has 0 radical (unpaired) electrons. The van der Waals surface area contributed by atoms with Crippen LogP contribution in [0.15, 0.2) is 77.6 Å². The van der Waals surface area contributed by atoms with Gasteiger partial charge in [-0.1, -0.05) is 50.7 Å². The maximum Gasteiger partial charge on any atom is 0.287 e. The zero-order valence-corrected chi connectivity index (χ0v) is 24.9. The highest BCUT2D eigenvalue weighted by Gasteiger charge is 2.21. The Balaban J connectivity index is 1.17. The van der Waals surface area contributed by atoms with Gasteiger partial charge in [0.1, 0.15) is 5.76 Å². The number of carbonyl (C=O) groups is 1. The van der Waals surface area contributed by atoms with Gasteiger partial charge in [0.2, 0.25) is 0 Å². The number of anilines is 1. The van der Waals surface area contributed by atoms with Crippen molar-refractivity contribution in [2.75, 3.05) is 11.4 Å². The predicted octanol–water partition coefficient (Wildman–Crippen LogP) is 7.71. The number of carbonyl (C=O) groups excluding carboxylic acids is 1. The number of benzene rings is 2. The van der Waals surface area contributed by atoms with Gasteiger partial charge in [0.15, 0.2) is 5.76 Å². The van der Waals surface area contributed by atoms with E-state index < -0.39 is 0 Å². The summed E-state index contributed by atoms with van der Waals surface area (Å²) in [4.78, 5) is 19.8. The highest BCUT2D eigenvalue weighted by Crippen LogP contribution is 2.30. The minimum atomic E-state index is -0.119. The summed E-state index contributed by atoms with van der Waals surface area (Å²) in [6, 6.07) is 22.4. The zero-order valence-electron chi connectivity index (χ0n) is 24.9. The van der Waals surface area contributed by atoms with Crippen LogP contribution in [-0.2, 0) is 13.1 Å². The minimum absolute atomic E-state index is 0.119. The smallest absolute Gasteiger partial charge is 0.287 e. The predicted molar refractivity (Wildman–Crippen MR) is 169 cm³/mol. The first-order chi connectivity index (χ1) is 21.1. The van der Waals surface area contributed by atoms with Crippen LogP contribution < -0.4 is 10.2 Å². The van der Waals surface area contributed by atoms with Crippen LogP contribution in [0.4, 0.5) is 5.69 Å². The van der Waals surface area contributed by atoms with Crippen molar-refractivity contribution in [1.82, 2.24) is 14.9 Å². The fourth-order valence-electron chi connectivity index (χ4n) is 6.60. The molecule has 222 valence electrons. The normalized spacial score (nSPS) is 16.1. The summed E-state index contributed by atoms with van der Waals surface area (Å²) < 4.78 is 8.21. The molecule has 2 aromatic heterocycles. The molecule has 0 saturated heterocycles. The summed E-state index contributed by atoms with van der Waals surface area (Å²) in [5, 5.41) is 12.3. The number of hydrogen-bond donors (Lipinski definition) is 1. The molecule has 2 fully saturated rings. The fraction of sp³-hybridized carbons (Fsp3) is 0.417. The summed E-state index contributed by atoms with van der Waals surface area (Å²) in [6.07, 6.45) is 16.1. The molecular weight excluding hydrogens is 534 g/mol. The molecule has 0 unspecified atom stereocenters. The number of furan rings is 1. The van der Waals surface area contributed by atoms with E-state index >= 15 is 0 Å². The zero-order chi connectivity index (χ0) is 29.4. The van der Waals surface area contributed by atoms with Gasteiger partial charge in [-0.3, -0.25) is 4.79 Å². The van der Waals surface area contributed by atoms with Gasteiger partial charge in [-0.25, -0.2) is 4.98 Å². The molecule has 1 amide bonds. The van der Waals surface area contributed by atoms with Crippen LogP contribution in [0.25, 0.3) is 11.3 Å². The van der Waals surface area contributed by atoms with Gasteiger partial charge in [0.25, 0.3) is 5.91 Å². The van der Waals surface area contributed by atoms with Crippen molar-refractivity contribution in [3.63, 3.8) is 0 Å². The Morgan fingerprint density at radius 1 is 0.930 bits per heavy atom. The molecule has 1 N–H and O–H groups in total. The third kappa shape index (κ3) is 7.37. The van der Waals surface area contributed by atoms with Crippen molar-refractivity contribution in [1.29, 1.82) is 5.26 Å². The Morgan fingerprint density at radius 3 is 2.37 bits per heavy atom. The average Bonchev–Trinajstić information content (AvgIpc) is 3.73. The van der Waals surface area contributed by atoms with Gasteiger partial charge < -0.3 is 19.2 Å². The minimum Gasteiger partial charge on any atom is -0.451 e. The number of rotatable bonds is 10. The van der Waals surface area contributed by atoms with E-state index in [2.05, 4.69) is 50.1 Å². The van der Waals surface area contributed by atoms with E-state index in [4.69, 9.17) is 9.68 Å². The lowest BCUT2D eigenvalue weighted by molar-refractivity contribution is 0.0900. The number of nitriles is 1. The van der Waals surface area contributed by atoms with Gasteiger partial charge in [0, 0.05) is 36.6 Å². The van der Waals surface area contributed by atoms with E-state index in [1.807, 2.05) is 42.9 Å². The van der Waals surface area contributed by atoms with Crippen LogP contribution in [0, 0.1) is 17.2 Å². The molecule has 0 spiro atoms. The van der Waals surface area contributed by atoms with Crippen molar-refractivity contribution >= 4 is 11.6 Å². The van der Waals surface area contributed by atoms with E-state index in [1.54, 1.807) is 6.07 Å². The molecule has 2 aromatic carbocycles. The molecule has 2 saturated carbocycles. The van der Waals surface area contributed by atoms with Crippen molar-refractivity contribution in [3.05, 3.63) is 95.8 Å². The van der Waals surface area contributed by atoms with Crippen LogP contribution in [0.1, 0.15) is 91.6 Å². The molecule has 0 aliphatic heterocycles. The van der Waals surface area contributed by atoms with Crippen molar-refractivity contribution in [2.24, 2.45) is 5.92 Å². The Bertz CT molecular complexity index is 1520. The van der Waals surface area contributed by atoms with Gasteiger partial charge in [0.05, 0.1) is 30.2 Å². The topological polar surface area (TPSA) is 87.1 Å². The SMILES string of the molecule is N#Cc1ccc(Cn2cncc2CN(CC2CCCCC2)c2ccc(-c3ccc(C(=O)NC4CCCCC4)o3)cc2)cc1. The second-order valence-corrected chi connectivity index (χ2v) is 12.2. The number of amides is 1.